The number of ether oxygens (including phenoxy) is 1. The predicted molar refractivity (Wildman–Crippen MR) is 68.4 cm³/mol. The van der Waals surface area contributed by atoms with Crippen LogP contribution < -0.4 is 0 Å². The van der Waals surface area contributed by atoms with Gasteiger partial charge in [-0.2, -0.15) is 0 Å². The zero-order valence-corrected chi connectivity index (χ0v) is 14.4. The summed E-state index contributed by atoms with van der Waals surface area (Å²) in [6, 6.07) is 0. The van der Waals surface area contributed by atoms with Crippen molar-refractivity contribution in [1.82, 2.24) is 0 Å². The summed E-state index contributed by atoms with van der Waals surface area (Å²) in [5.41, 5.74) is 0. The molecule has 0 fully saturated rings. The van der Waals surface area contributed by atoms with E-state index in [1.807, 2.05) is 0 Å². The van der Waals surface area contributed by atoms with E-state index in [-0.39, 0.29) is 0 Å². The van der Waals surface area contributed by atoms with Crippen LogP contribution in [0.4, 0.5) is 0 Å². The summed E-state index contributed by atoms with van der Waals surface area (Å²) < 4.78 is 45.0. The van der Waals surface area contributed by atoms with E-state index < -0.39 is 39.5 Å². The van der Waals surface area contributed by atoms with Crippen molar-refractivity contribution in [3.8, 4) is 0 Å². The number of rotatable bonds is 12. The molecular formula is C8H16O13P2. The SMILES string of the molecule is COOP(=O)(CC(=O)OC(=O)CP(=O)(OOC)OOC)OOC. The van der Waals surface area contributed by atoms with Crippen molar-refractivity contribution in [3.05, 3.63) is 0 Å². The van der Waals surface area contributed by atoms with Crippen molar-refractivity contribution in [2.75, 3.05) is 40.8 Å². The summed E-state index contributed by atoms with van der Waals surface area (Å²) in [5.74, 6) is -2.68. The number of esters is 2. The molecule has 0 amide bonds. The van der Waals surface area contributed by atoms with Gasteiger partial charge in [0.2, 0.25) is 0 Å². The summed E-state index contributed by atoms with van der Waals surface area (Å²) in [6.45, 7) is 0. The fraction of sp³-hybridized carbons (Fsp3) is 0.750. The largest absolute Gasteiger partial charge is 0.395 e. The molecule has 0 spiro atoms. The molecule has 136 valence electrons. The Morgan fingerprint density at radius 1 is 0.652 bits per heavy atom. The maximum absolute atomic E-state index is 11.8. The van der Waals surface area contributed by atoms with Gasteiger partial charge in [-0.25, -0.2) is 19.6 Å². The van der Waals surface area contributed by atoms with Gasteiger partial charge in [0.25, 0.3) is 0 Å². The summed E-state index contributed by atoms with van der Waals surface area (Å²) in [7, 11) is -4.31. The second-order valence-corrected chi connectivity index (χ2v) is 7.02. The molecule has 0 atom stereocenters. The molecule has 0 unspecified atom stereocenters. The Morgan fingerprint density at radius 2 is 0.913 bits per heavy atom. The van der Waals surface area contributed by atoms with Crippen molar-refractivity contribution < 1.29 is 61.7 Å². The molecule has 0 aliphatic rings. The van der Waals surface area contributed by atoms with E-state index in [1.54, 1.807) is 0 Å². The maximum atomic E-state index is 11.8. The van der Waals surface area contributed by atoms with Gasteiger partial charge < -0.3 is 4.74 Å². The fourth-order valence-electron chi connectivity index (χ4n) is 1.09. The quantitative estimate of drug-likeness (QED) is 0.154. The normalized spacial score (nSPS) is 12.2. The van der Waals surface area contributed by atoms with Crippen molar-refractivity contribution >= 4 is 27.1 Å². The molecule has 15 heteroatoms. The highest BCUT2D eigenvalue weighted by Crippen LogP contribution is 2.49. The van der Waals surface area contributed by atoms with Gasteiger partial charge in [0.05, 0.1) is 28.4 Å². The van der Waals surface area contributed by atoms with E-state index in [0.717, 1.165) is 28.4 Å². The van der Waals surface area contributed by atoms with Gasteiger partial charge >= 0.3 is 27.1 Å². The van der Waals surface area contributed by atoms with Crippen LogP contribution in [0.15, 0.2) is 0 Å². The number of carbonyl (C=O) groups excluding carboxylic acids is 2. The topological polar surface area (TPSA) is 151 Å². The third kappa shape index (κ3) is 9.23. The molecule has 0 heterocycles. The van der Waals surface area contributed by atoms with Crippen LogP contribution in [0, 0.1) is 0 Å². The van der Waals surface area contributed by atoms with Gasteiger partial charge in [-0.05, 0) is 0 Å². The fourth-order valence-corrected chi connectivity index (χ4v) is 3.02. The Bertz CT molecular complexity index is 415. The minimum atomic E-state index is -4.16. The Kier molecular flexibility index (Phi) is 10.6. The van der Waals surface area contributed by atoms with Crippen LogP contribution in [0.3, 0.4) is 0 Å². The molecule has 0 rings (SSSR count). The first-order valence-electron chi connectivity index (χ1n) is 5.55. The third-order valence-corrected chi connectivity index (χ3v) is 4.42. The first-order valence-corrected chi connectivity index (χ1v) is 9.01. The molecule has 0 N–H and O–H groups in total. The smallest absolute Gasteiger partial charge is 0.392 e. The van der Waals surface area contributed by atoms with E-state index in [0.29, 0.717) is 0 Å². The van der Waals surface area contributed by atoms with Gasteiger partial charge in [0.1, 0.15) is 0 Å². The van der Waals surface area contributed by atoms with E-state index in [4.69, 9.17) is 0 Å². The summed E-state index contributed by atoms with van der Waals surface area (Å²) in [6.07, 6.45) is -2.05. The Labute approximate surface area is 130 Å². The Morgan fingerprint density at radius 3 is 1.13 bits per heavy atom. The van der Waals surface area contributed by atoms with Crippen LogP contribution in [0.25, 0.3) is 0 Å². The molecule has 0 aromatic heterocycles. The standard InChI is InChI=1S/C8H16O13P2/c1-13-18-22(11,19-14-2)5-7(9)17-8(10)6-23(12,20-15-3)21-16-4/h5-6H2,1-4H3. The van der Waals surface area contributed by atoms with Gasteiger partial charge in [-0.1, -0.05) is 0 Å². The van der Waals surface area contributed by atoms with E-state index in [1.165, 1.54) is 0 Å². The molecule has 23 heavy (non-hydrogen) atoms. The van der Waals surface area contributed by atoms with Gasteiger partial charge in [0.15, 0.2) is 12.3 Å². The van der Waals surface area contributed by atoms with E-state index in [2.05, 4.69) is 43.0 Å². The molecule has 0 aromatic rings. The monoisotopic (exact) mass is 382 g/mol. The zero-order chi connectivity index (χ0) is 17.9. The van der Waals surface area contributed by atoms with Crippen molar-refractivity contribution in [2.24, 2.45) is 0 Å². The van der Waals surface area contributed by atoms with Crippen molar-refractivity contribution in [2.45, 2.75) is 0 Å². The lowest BCUT2D eigenvalue weighted by atomic mass is 10.7. The molecule has 0 saturated carbocycles. The van der Waals surface area contributed by atoms with Gasteiger partial charge in [0, 0.05) is 0 Å². The zero-order valence-electron chi connectivity index (χ0n) is 12.6. The number of hydrogen-bond acceptors (Lipinski definition) is 13. The summed E-state index contributed by atoms with van der Waals surface area (Å²) in [4.78, 5) is 39.5. The third-order valence-electron chi connectivity index (χ3n) is 1.63. The minimum absolute atomic E-state index is 1.00. The average molecular weight is 382 g/mol. The first-order chi connectivity index (χ1) is 10.7. The van der Waals surface area contributed by atoms with Crippen LogP contribution in [0.1, 0.15) is 0 Å². The second-order valence-electron chi connectivity index (χ2n) is 3.35. The van der Waals surface area contributed by atoms with Crippen LogP contribution in [-0.4, -0.2) is 52.7 Å². The molecular weight excluding hydrogens is 366 g/mol. The van der Waals surface area contributed by atoms with Crippen LogP contribution >= 0.6 is 15.2 Å². The molecule has 0 aliphatic heterocycles. The summed E-state index contributed by atoms with van der Waals surface area (Å²) >= 11 is 0. The first kappa shape index (κ1) is 22.3. The second kappa shape index (κ2) is 10.9. The van der Waals surface area contributed by atoms with Crippen molar-refractivity contribution in [3.63, 3.8) is 0 Å². The van der Waals surface area contributed by atoms with E-state index >= 15 is 0 Å². The molecule has 0 saturated heterocycles. The van der Waals surface area contributed by atoms with Crippen molar-refractivity contribution in [1.29, 1.82) is 0 Å². The highest BCUT2D eigenvalue weighted by molar-refractivity contribution is 7.55. The van der Waals surface area contributed by atoms with Gasteiger partial charge in [-0.15, -0.1) is 18.7 Å². The Hall–Kier alpha value is -0.720. The average Bonchev–Trinajstić information content (AvgIpc) is 2.38. The Balaban J connectivity index is 4.67. The molecule has 13 nitrogen and oxygen atoms in total. The molecule has 0 bridgehead atoms. The summed E-state index contributed by atoms with van der Waals surface area (Å²) in [5, 5.41) is 0. The number of carbonyl (C=O) groups is 2. The van der Waals surface area contributed by atoms with E-state index in [9.17, 15) is 18.7 Å². The molecule has 0 aromatic carbocycles. The lowest BCUT2D eigenvalue weighted by Crippen LogP contribution is -2.20. The van der Waals surface area contributed by atoms with Gasteiger partial charge in [-0.3, -0.25) is 18.7 Å². The minimum Gasteiger partial charge on any atom is -0.392 e. The molecule has 0 radical (unpaired) electrons. The molecule has 0 aliphatic carbocycles. The highest BCUT2D eigenvalue weighted by Gasteiger charge is 2.36. The number of hydrogen-bond donors (Lipinski definition) is 0. The van der Waals surface area contributed by atoms with Crippen LogP contribution in [0.2, 0.25) is 0 Å². The van der Waals surface area contributed by atoms with Crippen LogP contribution in [0.5, 0.6) is 0 Å². The lowest BCUT2D eigenvalue weighted by molar-refractivity contribution is -0.242. The predicted octanol–water partition coefficient (Wildman–Crippen LogP) is 0.754. The maximum Gasteiger partial charge on any atom is 0.395 e. The lowest BCUT2D eigenvalue weighted by Gasteiger charge is -2.14. The highest BCUT2D eigenvalue weighted by atomic mass is 31.2. The van der Waals surface area contributed by atoms with Crippen LogP contribution in [-0.2, 0) is 61.7 Å².